The third-order valence-corrected chi connectivity index (χ3v) is 5.65. The SMILES string of the molecule is Cc1nn(C)c(C)c1CCNC(=O)C1CCCn2c(-c3ccccc3)nnc21. The third kappa shape index (κ3) is 3.32. The summed E-state index contributed by atoms with van der Waals surface area (Å²) in [5.74, 6) is 1.41. The lowest BCUT2D eigenvalue weighted by atomic mass is 9.97. The molecule has 0 spiro atoms. The molecule has 2 aromatic heterocycles. The predicted octanol–water partition coefficient (Wildman–Crippen LogP) is 2.53. The molecule has 0 saturated carbocycles. The number of benzene rings is 1. The number of aromatic nitrogens is 5. The molecule has 1 aliphatic rings. The summed E-state index contributed by atoms with van der Waals surface area (Å²) in [6.07, 6.45) is 2.54. The Morgan fingerprint density at radius 1 is 1.21 bits per heavy atom. The number of amides is 1. The highest BCUT2D eigenvalue weighted by Crippen LogP contribution is 2.30. The van der Waals surface area contributed by atoms with Gasteiger partial charge in [-0.15, -0.1) is 10.2 Å². The second-order valence-corrected chi connectivity index (χ2v) is 7.41. The molecule has 1 amide bonds. The minimum Gasteiger partial charge on any atom is -0.355 e. The van der Waals surface area contributed by atoms with Crippen molar-refractivity contribution in [3.8, 4) is 11.4 Å². The third-order valence-electron chi connectivity index (χ3n) is 5.65. The average Bonchev–Trinajstić information content (AvgIpc) is 3.24. The number of nitrogens with one attached hydrogen (secondary N) is 1. The molecule has 7 heteroatoms. The normalized spacial score (nSPS) is 16.0. The molecular formula is C21H26N6O. The van der Waals surface area contributed by atoms with E-state index in [1.54, 1.807) is 0 Å². The number of hydrogen-bond acceptors (Lipinski definition) is 4. The van der Waals surface area contributed by atoms with Crippen LogP contribution in [0.1, 0.15) is 41.5 Å². The quantitative estimate of drug-likeness (QED) is 0.740. The van der Waals surface area contributed by atoms with Crippen LogP contribution in [0, 0.1) is 13.8 Å². The highest BCUT2D eigenvalue weighted by molar-refractivity contribution is 5.83. The van der Waals surface area contributed by atoms with Crippen molar-refractivity contribution in [2.45, 2.75) is 45.6 Å². The molecule has 0 fully saturated rings. The number of nitrogens with zero attached hydrogens (tertiary/aromatic N) is 5. The van der Waals surface area contributed by atoms with Crippen LogP contribution in [0.3, 0.4) is 0 Å². The van der Waals surface area contributed by atoms with Gasteiger partial charge < -0.3 is 9.88 Å². The summed E-state index contributed by atoms with van der Waals surface area (Å²) in [5, 5.41) is 16.3. The Morgan fingerprint density at radius 3 is 2.71 bits per heavy atom. The van der Waals surface area contributed by atoms with Crippen molar-refractivity contribution in [2.24, 2.45) is 7.05 Å². The second-order valence-electron chi connectivity index (χ2n) is 7.41. The monoisotopic (exact) mass is 378 g/mol. The number of carbonyl (C=O) groups excluding carboxylic acids is 1. The van der Waals surface area contributed by atoms with Crippen LogP contribution in [0.15, 0.2) is 30.3 Å². The first-order chi connectivity index (χ1) is 13.6. The predicted molar refractivity (Wildman–Crippen MR) is 107 cm³/mol. The van der Waals surface area contributed by atoms with Crippen molar-refractivity contribution in [1.29, 1.82) is 0 Å². The molecule has 0 saturated heterocycles. The molecule has 146 valence electrons. The minimum absolute atomic E-state index is 0.0344. The number of hydrogen-bond donors (Lipinski definition) is 1. The van der Waals surface area contributed by atoms with Gasteiger partial charge in [0, 0.05) is 31.4 Å². The molecule has 4 rings (SSSR count). The Balaban J connectivity index is 1.46. The van der Waals surface area contributed by atoms with Crippen molar-refractivity contribution < 1.29 is 4.79 Å². The van der Waals surface area contributed by atoms with Gasteiger partial charge in [0.25, 0.3) is 0 Å². The van der Waals surface area contributed by atoms with Crippen LogP contribution in [-0.4, -0.2) is 37.0 Å². The Kier molecular flexibility index (Phi) is 4.98. The fourth-order valence-electron chi connectivity index (χ4n) is 4.04. The maximum Gasteiger partial charge on any atom is 0.230 e. The van der Waals surface area contributed by atoms with Crippen molar-refractivity contribution in [2.75, 3.05) is 6.54 Å². The van der Waals surface area contributed by atoms with E-state index in [0.29, 0.717) is 6.54 Å². The Morgan fingerprint density at radius 2 is 2.00 bits per heavy atom. The summed E-state index contributed by atoms with van der Waals surface area (Å²) >= 11 is 0. The van der Waals surface area contributed by atoms with E-state index in [9.17, 15) is 4.79 Å². The highest BCUT2D eigenvalue weighted by Gasteiger charge is 2.30. The molecule has 7 nitrogen and oxygen atoms in total. The summed E-state index contributed by atoms with van der Waals surface area (Å²) in [6.45, 7) is 5.53. The van der Waals surface area contributed by atoms with Crippen molar-refractivity contribution in [3.05, 3.63) is 53.1 Å². The van der Waals surface area contributed by atoms with Crippen LogP contribution >= 0.6 is 0 Å². The fraction of sp³-hybridized carbons (Fsp3) is 0.429. The fourth-order valence-corrected chi connectivity index (χ4v) is 4.04. The summed E-state index contributed by atoms with van der Waals surface area (Å²) in [4.78, 5) is 12.9. The van der Waals surface area contributed by atoms with E-state index in [2.05, 4.69) is 32.1 Å². The number of aryl methyl sites for hydroxylation is 2. The maximum absolute atomic E-state index is 12.9. The van der Waals surface area contributed by atoms with Crippen molar-refractivity contribution >= 4 is 5.91 Å². The molecule has 1 unspecified atom stereocenters. The van der Waals surface area contributed by atoms with Gasteiger partial charge in [-0.2, -0.15) is 5.10 Å². The van der Waals surface area contributed by atoms with Crippen LogP contribution in [0.25, 0.3) is 11.4 Å². The molecule has 0 bridgehead atoms. The van der Waals surface area contributed by atoms with Crippen LogP contribution in [0.4, 0.5) is 0 Å². The summed E-state index contributed by atoms with van der Waals surface area (Å²) < 4.78 is 3.99. The number of fused-ring (bicyclic) bond motifs is 1. The van der Waals surface area contributed by atoms with Crippen molar-refractivity contribution in [3.63, 3.8) is 0 Å². The Hall–Kier alpha value is -2.96. The van der Waals surface area contributed by atoms with Gasteiger partial charge in [-0.1, -0.05) is 30.3 Å². The van der Waals surface area contributed by atoms with Crippen LogP contribution in [0.2, 0.25) is 0 Å². The summed E-state index contributed by atoms with van der Waals surface area (Å²) in [6, 6.07) is 10.0. The van der Waals surface area contributed by atoms with Crippen LogP contribution < -0.4 is 5.32 Å². The van der Waals surface area contributed by atoms with Gasteiger partial charge >= 0.3 is 0 Å². The molecule has 3 aromatic rings. The average molecular weight is 378 g/mol. The lowest BCUT2D eigenvalue weighted by Gasteiger charge is -2.23. The summed E-state index contributed by atoms with van der Waals surface area (Å²) in [5.41, 5.74) is 4.42. The largest absolute Gasteiger partial charge is 0.355 e. The topological polar surface area (TPSA) is 77.6 Å². The van der Waals surface area contributed by atoms with Gasteiger partial charge in [0.05, 0.1) is 11.6 Å². The van der Waals surface area contributed by atoms with E-state index in [-0.39, 0.29) is 11.8 Å². The minimum atomic E-state index is -0.241. The van der Waals surface area contributed by atoms with E-state index in [1.165, 1.54) is 5.56 Å². The standard InChI is InChI=1S/C21H26N6O/c1-14-17(15(2)26(3)25-14)11-12-22-21(28)18-10-7-13-27-19(23-24-20(18)27)16-8-5-4-6-9-16/h4-6,8-9,18H,7,10-13H2,1-3H3,(H,22,28). The van der Waals surface area contributed by atoms with Gasteiger partial charge in [0.2, 0.25) is 5.91 Å². The van der Waals surface area contributed by atoms with Gasteiger partial charge in [-0.25, -0.2) is 0 Å². The molecule has 28 heavy (non-hydrogen) atoms. The van der Waals surface area contributed by atoms with Gasteiger partial charge in [-0.05, 0) is 38.7 Å². The number of rotatable bonds is 5. The lowest BCUT2D eigenvalue weighted by Crippen LogP contribution is -2.34. The molecule has 1 N–H and O–H groups in total. The molecule has 1 aromatic carbocycles. The van der Waals surface area contributed by atoms with Gasteiger partial charge in [0.15, 0.2) is 5.82 Å². The van der Waals surface area contributed by atoms with Crippen LogP contribution in [-0.2, 0) is 24.8 Å². The zero-order chi connectivity index (χ0) is 19.7. The Labute approximate surface area is 164 Å². The molecule has 0 radical (unpaired) electrons. The van der Waals surface area contributed by atoms with Crippen LogP contribution in [0.5, 0.6) is 0 Å². The Bertz CT molecular complexity index is 988. The smallest absolute Gasteiger partial charge is 0.230 e. The molecular weight excluding hydrogens is 352 g/mol. The molecule has 0 aliphatic carbocycles. The lowest BCUT2D eigenvalue weighted by molar-refractivity contribution is -0.123. The summed E-state index contributed by atoms with van der Waals surface area (Å²) in [7, 11) is 1.95. The second kappa shape index (κ2) is 7.58. The van der Waals surface area contributed by atoms with Crippen molar-refractivity contribution in [1.82, 2.24) is 29.9 Å². The maximum atomic E-state index is 12.9. The molecule has 1 aliphatic heterocycles. The number of carbonyl (C=O) groups is 1. The first-order valence-corrected chi connectivity index (χ1v) is 9.81. The zero-order valence-electron chi connectivity index (χ0n) is 16.6. The first-order valence-electron chi connectivity index (χ1n) is 9.81. The van der Waals surface area contributed by atoms with E-state index in [0.717, 1.165) is 54.4 Å². The molecule has 1 atom stereocenters. The van der Waals surface area contributed by atoms with E-state index in [4.69, 9.17) is 0 Å². The van der Waals surface area contributed by atoms with Gasteiger partial charge in [-0.3, -0.25) is 9.48 Å². The first kappa shape index (κ1) is 18.4. The zero-order valence-corrected chi connectivity index (χ0v) is 16.6. The molecule has 3 heterocycles. The highest BCUT2D eigenvalue weighted by atomic mass is 16.1. The van der Waals surface area contributed by atoms with E-state index >= 15 is 0 Å². The van der Waals surface area contributed by atoms with Gasteiger partial charge in [0.1, 0.15) is 5.82 Å². The van der Waals surface area contributed by atoms with E-state index in [1.807, 2.05) is 49.0 Å². The van der Waals surface area contributed by atoms with E-state index < -0.39 is 0 Å².